The van der Waals surface area contributed by atoms with Crippen molar-refractivity contribution in [2.45, 2.75) is 38.1 Å². The van der Waals surface area contributed by atoms with Gasteiger partial charge in [0.1, 0.15) is 11.3 Å². The topological polar surface area (TPSA) is 75.6 Å². The van der Waals surface area contributed by atoms with Gasteiger partial charge in [0.25, 0.3) is 0 Å². The lowest BCUT2D eigenvalue weighted by Crippen LogP contribution is -2.54. The third kappa shape index (κ3) is 3.74. The zero-order valence-corrected chi connectivity index (χ0v) is 12.4. The minimum atomic E-state index is -1.13. The highest BCUT2D eigenvalue weighted by atomic mass is 16.5. The third-order valence-electron chi connectivity index (χ3n) is 4.04. The molecule has 0 heterocycles. The number of nitrogens with one attached hydrogen (secondary N) is 1. The minimum Gasteiger partial charge on any atom is -0.497 e. The van der Waals surface area contributed by atoms with Gasteiger partial charge in [0.2, 0.25) is 5.91 Å². The van der Waals surface area contributed by atoms with Crippen LogP contribution in [0.4, 0.5) is 0 Å². The molecule has 0 saturated heterocycles. The molecule has 2 rings (SSSR count). The van der Waals surface area contributed by atoms with Gasteiger partial charge >= 0.3 is 5.97 Å². The largest absolute Gasteiger partial charge is 0.497 e. The van der Waals surface area contributed by atoms with Gasteiger partial charge in [0, 0.05) is 6.42 Å². The molecular weight excluding hydrogens is 270 g/mol. The number of hydrogen-bond donors (Lipinski definition) is 2. The zero-order valence-electron chi connectivity index (χ0n) is 12.4. The molecule has 1 aromatic rings. The Morgan fingerprint density at radius 2 is 1.95 bits per heavy atom. The molecule has 5 heteroatoms. The molecule has 1 saturated carbocycles. The van der Waals surface area contributed by atoms with Crippen LogP contribution in [0.2, 0.25) is 0 Å². The van der Waals surface area contributed by atoms with Crippen LogP contribution in [0.25, 0.3) is 0 Å². The maximum atomic E-state index is 12.0. The fraction of sp³-hybridized carbons (Fsp3) is 0.500. The first-order chi connectivity index (χ1) is 9.95. The molecule has 114 valence electrons. The number of carboxylic acid groups (broad SMARTS) is 1. The minimum absolute atomic E-state index is 0.0555. The van der Waals surface area contributed by atoms with Crippen LogP contribution >= 0.6 is 0 Å². The van der Waals surface area contributed by atoms with Crippen molar-refractivity contribution < 1.29 is 19.4 Å². The monoisotopic (exact) mass is 291 g/mol. The molecular formula is C16H21NO4. The van der Waals surface area contributed by atoms with Crippen molar-refractivity contribution >= 4 is 11.9 Å². The second-order valence-electron chi connectivity index (χ2n) is 5.68. The lowest BCUT2D eigenvalue weighted by molar-refractivity contribution is -0.147. The number of aryl methyl sites for hydroxylation is 1. The Morgan fingerprint density at radius 1 is 1.33 bits per heavy atom. The van der Waals surface area contributed by atoms with Crippen LogP contribution in [0.5, 0.6) is 5.75 Å². The van der Waals surface area contributed by atoms with E-state index in [4.69, 9.17) is 4.74 Å². The van der Waals surface area contributed by atoms with Crippen molar-refractivity contribution in [3.8, 4) is 5.75 Å². The van der Waals surface area contributed by atoms with E-state index in [1.807, 2.05) is 24.3 Å². The smallest absolute Gasteiger partial charge is 0.329 e. The molecule has 0 radical (unpaired) electrons. The van der Waals surface area contributed by atoms with Crippen molar-refractivity contribution in [2.24, 2.45) is 5.92 Å². The molecule has 0 bridgehead atoms. The van der Waals surface area contributed by atoms with Crippen molar-refractivity contribution in [1.29, 1.82) is 0 Å². The maximum Gasteiger partial charge on any atom is 0.329 e. The highest BCUT2D eigenvalue weighted by Crippen LogP contribution is 2.39. The van der Waals surface area contributed by atoms with Gasteiger partial charge in [-0.3, -0.25) is 4.79 Å². The average Bonchev–Trinajstić information content (AvgIpc) is 3.30. The van der Waals surface area contributed by atoms with Crippen molar-refractivity contribution in [2.75, 3.05) is 7.11 Å². The second-order valence-corrected chi connectivity index (χ2v) is 5.68. The summed E-state index contributed by atoms with van der Waals surface area (Å²) in [6.45, 7) is 1.60. The summed E-state index contributed by atoms with van der Waals surface area (Å²) in [5.74, 6) is -0.347. The number of amides is 1. The van der Waals surface area contributed by atoms with Crippen LogP contribution in [-0.4, -0.2) is 29.6 Å². The molecule has 1 aliphatic carbocycles. The molecule has 2 N–H and O–H groups in total. The van der Waals surface area contributed by atoms with Gasteiger partial charge in [-0.25, -0.2) is 4.79 Å². The molecule has 1 unspecified atom stereocenters. The van der Waals surface area contributed by atoms with Gasteiger partial charge in [-0.15, -0.1) is 0 Å². The van der Waals surface area contributed by atoms with Gasteiger partial charge in [-0.1, -0.05) is 12.1 Å². The van der Waals surface area contributed by atoms with E-state index in [1.54, 1.807) is 14.0 Å². The van der Waals surface area contributed by atoms with E-state index in [0.717, 1.165) is 24.2 Å². The van der Waals surface area contributed by atoms with E-state index >= 15 is 0 Å². The summed E-state index contributed by atoms with van der Waals surface area (Å²) in [4.78, 5) is 23.3. The van der Waals surface area contributed by atoms with Gasteiger partial charge in [0.05, 0.1) is 7.11 Å². The van der Waals surface area contributed by atoms with Crippen molar-refractivity contribution in [3.63, 3.8) is 0 Å². The lowest BCUT2D eigenvalue weighted by Gasteiger charge is -2.26. The van der Waals surface area contributed by atoms with Crippen LogP contribution < -0.4 is 10.1 Å². The van der Waals surface area contributed by atoms with E-state index in [-0.39, 0.29) is 18.2 Å². The highest BCUT2D eigenvalue weighted by molar-refractivity contribution is 5.87. The zero-order chi connectivity index (χ0) is 15.5. The molecule has 0 spiro atoms. The number of benzene rings is 1. The molecule has 0 aromatic heterocycles. The predicted molar refractivity (Wildman–Crippen MR) is 78.2 cm³/mol. The van der Waals surface area contributed by atoms with E-state index in [9.17, 15) is 14.7 Å². The molecule has 21 heavy (non-hydrogen) atoms. The molecule has 5 nitrogen and oxygen atoms in total. The Hall–Kier alpha value is -2.04. The normalized spacial score (nSPS) is 16.9. The van der Waals surface area contributed by atoms with Crippen LogP contribution in [0, 0.1) is 5.92 Å². The summed E-state index contributed by atoms with van der Waals surface area (Å²) in [5.41, 5.74) is -0.105. The number of ether oxygens (including phenoxy) is 1. The molecule has 1 atom stereocenters. The first-order valence-electron chi connectivity index (χ1n) is 7.13. The predicted octanol–water partition coefficient (Wildman–Crippen LogP) is 2.00. The fourth-order valence-corrected chi connectivity index (χ4v) is 2.39. The number of carbonyl (C=O) groups is 2. The van der Waals surface area contributed by atoms with E-state index in [2.05, 4.69) is 5.32 Å². The summed E-state index contributed by atoms with van der Waals surface area (Å²) in [7, 11) is 1.60. The van der Waals surface area contributed by atoms with E-state index in [0.29, 0.717) is 6.42 Å². The Labute approximate surface area is 124 Å². The summed E-state index contributed by atoms with van der Waals surface area (Å²) in [5, 5.41) is 12.0. The van der Waals surface area contributed by atoms with E-state index in [1.165, 1.54) is 0 Å². The number of methoxy groups -OCH3 is 1. The average molecular weight is 291 g/mol. The molecule has 1 aliphatic rings. The Balaban J connectivity index is 1.87. The Kier molecular flexibility index (Phi) is 4.50. The van der Waals surface area contributed by atoms with Gasteiger partial charge in [0.15, 0.2) is 0 Å². The summed E-state index contributed by atoms with van der Waals surface area (Å²) < 4.78 is 5.08. The van der Waals surface area contributed by atoms with Crippen molar-refractivity contribution in [3.05, 3.63) is 29.8 Å². The maximum absolute atomic E-state index is 12.0. The van der Waals surface area contributed by atoms with Crippen LogP contribution in [0.15, 0.2) is 24.3 Å². The first kappa shape index (κ1) is 15.4. The highest BCUT2D eigenvalue weighted by Gasteiger charge is 2.48. The third-order valence-corrected chi connectivity index (χ3v) is 4.04. The second kappa shape index (κ2) is 6.16. The van der Waals surface area contributed by atoms with Crippen LogP contribution in [-0.2, 0) is 16.0 Å². The number of rotatable bonds is 7. The lowest BCUT2D eigenvalue weighted by atomic mass is 9.95. The van der Waals surface area contributed by atoms with E-state index < -0.39 is 11.5 Å². The number of hydrogen-bond acceptors (Lipinski definition) is 3. The molecule has 1 aromatic carbocycles. The fourth-order valence-electron chi connectivity index (χ4n) is 2.39. The summed E-state index contributed by atoms with van der Waals surface area (Å²) in [6.07, 6.45) is 2.58. The quantitative estimate of drug-likeness (QED) is 0.805. The molecule has 1 amide bonds. The number of carbonyl (C=O) groups excluding carboxylic acids is 1. The summed E-state index contributed by atoms with van der Waals surface area (Å²) in [6, 6.07) is 7.50. The van der Waals surface area contributed by atoms with Crippen LogP contribution in [0.1, 0.15) is 31.7 Å². The molecule has 0 aliphatic heterocycles. The SMILES string of the molecule is COc1ccc(CCC(=O)NC(C)(C(=O)O)C2CC2)cc1. The van der Waals surface area contributed by atoms with Crippen LogP contribution in [0.3, 0.4) is 0 Å². The standard InChI is InChI=1S/C16H21NO4/c1-16(15(19)20,12-6-7-12)17-14(18)10-5-11-3-8-13(21-2)9-4-11/h3-4,8-9,12H,5-7,10H2,1-2H3,(H,17,18)(H,19,20). The molecule has 1 fully saturated rings. The Bertz CT molecular complexity index is 522. The van der Waals surface area contributed by atoms with Gasteiger partial charge < -0.3 is 15.2 Å². The van der Waals surface area contributed by atoms with Gasteiger partial charge in [-0.05, 0) is 49.8 Å². The Morgan fingerprint density at radius 3 is 2.43 bits per heavy atom. The van der Waals surface area contributed by atoms with Gasteiger partial charge in [-0.2, -0.15) is 0 Å². The summed E-state index contributed by atoms with van der Waals surface area (Å²) >= 11 is 0. The number of aliphatic carboxylic acids is 1. The van der Waals surface area contributed by atoms with Crippen molar-refractivity contribution in [1.82, 2.24) is 5.32 Å². The number of carboxylic acids is 1. The first-order valence-corrected chi connectivity index (χ1v) is 7.13.